The number of aryl methyl sites for hydroxylation is 2. The van der Waals surface area contributed by atoms with E-state index in [0.29, 0.717) is 17.3 Å². The van der Waals surface area contributed by atoms with Gasteiger partial charge in [-0.05, 0) is 49.9 Å². The Morgan fingerprint density at radius 2 is 1.85 bits per heavy atom. The first-order valence-corrected chi connectivity index (χ1v) is 8.95. The molecule has 0 saturated carbocycles. The van der Waals surface area contributed by atoms with Crippen LogP contribution in [0.4, 0.5) is 0 Å². The molecule has 2 rings (SSSR count). The molecule has 1 atom stereocenters. The third kappa shape index (κ3) is 4.90. The predicted molar refractivity (Wildman–Crippen MR) is 102 cm³/mol. The van der Waals surface area contributed by atoms with Crippen molar-refractivity contribution in [3.8, 4) is 5.75 Å². The SMILES string of the molecule is Cc1ccc(C(C)C)c(OC(C)C(=O)N(C)Cc2cc(C(=O)O)c(C)o2)c1. The van der Waals surface area contributed by atoms with Gasteiger partial charge in [0.15, 0.2) is 6.10 Å². The van der Waals surface area contributed by atoms with Crippen molar-refractivity contribution >= 4 is 11.9 Å². The molecule has 6 nitrogen and oxygen atoms in total. The zero-order valence-electron chi connectivity index (χ0n) is 16.7. The number of amides is 1. The zero-order valence-corrected chi connectivity index (χ0v) is 16.7. The highest BCUT2D eigenvalue weighted by molar-refractivity contribution is 5.88. The average molecular weight is 373 g/mol. The predicted octanol–water partition coefficient (Wildman–Crippen LogP) is 4.14. The van der Waals surface area contributed by atoms with E-state index in [1.165, 1.54) is 11.0 Å². The number of carboxylic acids is 1. The smallest absolute Gasteiger partial charge is 0.339 e. The number of likely N-dealkylation sites (N-methyl/N-ethyl adjacent to an activating group) is 1. The van der Waals surface area contributed by atoms with E-state index in [2.05, 4.69) is 13.8 Å². The summed E-state index contributed by atoms with van der Waals surface area (Å²) in [5, 5.41) is 9.11. The number of benzene rings is 1. The van der Waals surface area contributed by atoms with Crippen molar-refractivity contribution in [3.63, 3.8) is 0 Å². The van der Waals surface area contributed by atoms with E-state index in [-0.39, 0.29) is 23.9 Å². The van der Waals surface area contributed by atoms with Crippen LogP contribution in [-0.2, 0) is 11.3 Å². The first-order chi connectivity index (χ1) is 12.6. The Balaban J connectivity index is 2.10. The zero-order chi connectivity index (χ0) is 20.3. The lowest BCUT2D eigenvalue weighted by Gasteiger charge is -2.23. The van der Waals surface area contributed by atoms with Crippen LogP contribution >= 0.6 is 0 Å². The summed E-state index contributed by atoms with van der Waals surface area (Å²) in [5.41, 5.74) is 2.22. The second-order valence-electron chi connectivity index (χ2n) is 7.14. The molecule has 0 saturated heterocycles. The number of hydrogen-bond acceptors (Lipinski definition) is 4. The highest BCUT2D eigenvalue weighted by Crippen LogP contribution is 2.28. The number of hydrogen-bond donors (Lipinski definition) is 1. The lowest BCUT2D eigenvalue weighted by molar-refractivity contribution is -0.137. The maximum absolute atomic E-state index is 12.7. The van der Waals surface area contributed by atoms with E-state index in [4.69, 9.17) is 14.3 Å². The number of nitrogens with zero attached hydrogens (tertiary/aromatic N) is 1. The summed E-state index contributed by atoms with van der Waals surface area (Å²) in [6.07, 6.45) is -0.677. The third-order valence-electron chi connectivity index (χ3n) is 4.41. The second kappa shape index (κ2) is 8.29. The van der Waals surface area contributed by atoms with Gasteiger partial charge in [0.25, 0.3) is 5.91 Å². The van der Waals surface area contributed by atoms with Crippen LogP contribution < -0.4 is 4.74 Å². The molecular weight excluding hydrogens is 346 g/mol. The van der Waals surface area contributed by atoms with Crippen LogP contribution in [0.3, 0.4) is 0 Å². The molecule has 1 aromatic heterocycles. The molecule has 1 unspecified atom stereocenters. The summed E-state index contributed by atoms with van der Waals surface area (Å²) in [5.74, 6) is 0.476. The summed E-state index contributed by atoms with van der Waals surface area (Å²) in [4.78, 5) is 25.3. The minimum absolute atomic E-state index is 0.108. The Morgan fingerprint density at radius 1 is 1.19 bits per heavy atom. The molecule has 1 heterocycles. The van der Waals surface area contributed by atoms with Crippen molar-refractivity contribution in [1.82, 2.24) is 4.90 Å². The molecule has 0 fully saturated rings. The molecule has 0 spiro atoms. The van der Waals surface area contributed by atoms with Crippen LogP contribution in [0.2, 0.25) is 0 Å². The fraction of sp³-hybridized carbons (Fsp3) is 0.429. The van der Waals surface area contributed by atoms with Gasteiger partial charge in [0.1, 0.15) is 22.8 Å². The van der Waals surface area contributed by atoms with Crippen molar-refractivity contribution < 1.29 is 23.8 Å². The van der Waals surface area contributed by atoms with Gasteiger partial charge < -0.3 is 19.2 Å². The fourth-order valence-corrected chi connectivity index (χ4v) is 2.92. The number of furan rings is 1. The topological polar surface area (TPSA) is 80.0 Å². The molecule has 146 valence electrons. The lowest BCUT2D eigenvalue weighted by Crippen LogP contribution is -2.37. The van der Waals surface area contributed by atoms with Crippen LogP contribution in [-0.4, -0.2) is 35.0 Å². The molecule has 1 aromatic carbocycles. The Bertz CT molecular complexity index is 837. The van der Waals surface area contributed by atoms with E-state index in [0.717, 1.165) is 11.1 Å². The second-order valence-corrected chi connectivity index (χ2v) is 7.14. The maximum atomic E-state index is 12.7. The fourth-order valence-electron chi connectivity index (χ4n) is 2.92. The van der Waals surface area contributed by atoms with Crippen molar-refractivity contribution in [2.75, 3.05) is 7.05 Å². The quantitative estimate of drug-likeness (QED) is 0.789. The summed E-state index contributed by atoms with van der Waals surface area (Å²) in [6, 6.07) is 7.44. The summed E-state index contributed by atoms with van der Waals surface area (Å²) in [7, 11) is 1.64. The first kappa shape index (κ1) is 20.6. The van der Waals surface area contributed by atoms with Gasteiger partial charge in [-0.15, -0.1) is 0 Å². The van der Waals surface area contributed by atoms with E-state index in [1.807, 2.05) is 25.1 Å². The summed E-state index contributed by atoms with van der Waals surface area (Å²) >= 11 is 0. The molecular formula is C21H27NO5. The van der Waals surface area contributed by atoms with Crippen LogP contribution in [0.25, 0.3) is 0 Å². The van der Waals surface area contributed by atoms with Crippen molar-refractivity contribution in [1.29, 1.82) is 0 Å². The first-order valence-electron chi connectivity index (χ1n) is 8.95. The minimum Gasteiger partial charge on any atom is -0.481 e. The molecule has 6 heteroatoms. The number of carboxylic acid groups (broad SMARTS) is 1. The van der Waals surface area contributed by atoms with Gasteiger partial charge in [-0.25, -0.2) is 4.79 Å². The Kier molecular flexibility index (Phi) is 6.31. The van der Waals surface area contributed by atoms with Gasteiger partial charge in [-0.3, -0.25) is 4.79 Å². The van der Waals surface area contributed by atoms with E-state index >= 15 is 0 Å². The average Bonchev–Trinajstić information content (AvgIpc) is 2.94. The Morgan fingerprint density at radius 3 is 2.41 bits per heavy atom. The van der Waals surface area contributed by atoms with Gasteiger partial charge >= 0.3 is 5.97 Å². The molecule has 27 heavy (non-hydrogen) atoms. The molecule has 1 amide bonds. The molecule has 0 aliphatic heterocycles. The molecule has 1 N–H and O–H groups in total. The maximum Gasteiger partial charge on any atom is 0.339 e. The van der Waals surface area contributed by atoms with Crippen molar-refractivity contribution in [2.24, 2.45) is 0 Å². The number of carbonyl (C=O) groups is 2. The summed E-state index contributed by atoms with van der Waals surface area (Å²) < 4.78 is 11.4. The van der Waals surface area contributed by atoms with Gasteiger partial charge in [0.05, 0.1) is 6.54 Å². The highest BCUT2D eigenvalue weighted by Gasteiger charge is 2.23. The van der Waals surface area contributed by atoms with Gasteiger partial charge in [-0.1, -0.05) is 26.0 Å². The molecule has 0 aliphatic carbocycles. The number of carbonyl (C=O) groups excluding carboxylic acids is 1. The number of aromatic carboxylic acids is 1. The Hall–Kier alpha value is -2.76. The largest absolute Gasteiger partial charge is 0.481 e. The van der Waals surface area contributed by atoms with Gasteiger partial charge in [-0.2, -0.15) is 0 Å². The van der Waals surface area contributed by atoms with Gasteiger partial charge in [0, 0.05) is 7.05 Å². The van der Waals surface area contributed by atoms with Crippen LogP contribution in [0.1, 0.15) is 59.7 Å². The highest BCUT2D eigenvalue weighted by atomic mass is 16.5. The third-order valence-corrected chi connectivity index (χ3v) is 4.41. The van der Waals surface area contributed by atoms with Crippen LogP contribution in [0, 0.1) is 13.8 Å². The lowest BCUT2D eigenvalue weighted by atomic mass is 10.0. The monoisotopic (exact) mass is 373 g/mol. The molecule has 2 aromatic rings. The van der Waals surface area contributed by atoms with Crippen molar-refractivity contribution in [2.45, 2.75) is 53.2 Å². The normalized spacial score (nSPS) is 12.1. The number of rotatable bonds is 7. The van der Waals surface area contributed by atoms with Crippen LogP contribution in [0.15, 0.2) is 28.7 Å². The van der Waals surface area contributed by atoms with Crippen LogP contribution in [0.5, 0.6) is 5.75 Å². The van der Waals surface area contributed by atoms with Gasteiger partial charge in [0.2, 0.25) is 0 Å². The number of ether oxygens (including phenoxy) is 1. The standard InChI is InChI=1S/C21H27NO5/c1-12(2)17-8-7-13(3)9-19(17)27-15(5)20(23)22(6)11-16-10-18(21(24)25)14(4)26-16/h7-10,12,15H,11H2,1-6H3,(H,24,25). The van der Waals surface area contributed by atoms with E-state index in [9.17, 15) is 9.59 Å². The van der Waals surface area contributed by atoms with E-state index in [1.54, 1.807) is 20.9 Å². The minimum atomic E-state index is -1.05. The Labute approximate surface area is 159 Å². The van der Waals surface area contributed by atoms with E-state index < -0.39 is 12.1 Å². The molecule has 0 radical (unpaired) electrons. The van der Waals surface area contributed by atoms with Crippen molar-refractivity contribution in [3.05, 3.63) is 52.5 Å². The molecule has 0 aliphatic rings. The summed E-state index contributed by atoms with van der Waals surface area (Å²) in [6.45, 7) is 9.61. The molecule has 0 bridgehead atoms.